The highest BCUT2D eigenvalue weighted by Crippen LogP contribution is 2.18. The fourth-order valence-corrected chi connectivity index (χ4v) is 2.53. The van der Waals surface area contributed by atoms with Gasteiger partial charge in [0.1, 0.15) is 5.56 Å². The SMILES string of the molecule is O=C(NCc1ccccn1)c1cnn2c(-c3ccccn3)ccnc12. The van der Waals surface area contributed by atoms with Crippen molar-refractivity contribution in [3.05, 3.63) is 78.5 Å². The molecule has 25 heavy (non-hydrogen) atoms. The molecular formula is C18H14N6O. The maximum atomic E-state index is 12.5. The Morgan fingerprint density at radius 3 is 2.56 bits per heavy atom. The smallest absolute Gasteiger partial charge is 0.257 e. The number of aromatic nitrogens is 5. The molecule has 0 aliphatic carbocycles. The first-order chi connectivity index (χ1) is 12.3. The van der Waals surface area contributed by atoms with E-state index in [0.717, 1.165) is 17.1 Å². The molecule has 4 heterocycles. The van der Waals surface area contributed by atoms with Crippen LogP contribution in [0.15, 0.2) is 67.3 Å². The number of nitrogens with one attached hydrogen (secondary N) is 1. The van der Waals surface area contributed by atoms with Crippen LogP contribution in [0.1, 0.15) is 16.1 Å². The molecule has 0 spiro atoms. The second-order valence-electron chi connectivity index (χ2n) is 5.34. The van der Waals surface area contributed by atoms with Crippen LogP contribution in [0.5, 0.6) is 0 Å². The number of rotatable bonds is 4. The van der Waals surface area contributed by atoms with Crippen molar-refractivity contribution in [3.8, 4) is 11.4 Å². The Hall–Kier alpha value is -3.61. The molecule has 1 N–H and O–H groups in total. The van der Waals surface area contributed by atoms with Crippen LogP contribution in [0, 0.1) is 0 Å². The lowest BCUT2D eigenvalue weighted by atomic mass is 10.2. The number of amides is 1. The summed E-state index contributed by atoms with van der Waals surface area (Å²) in [5, 5.41) is 7.15. The highest BCUT2D eigenvalue weighted by atomic mass is 16.1. The number of fused-ring (bicyclic) bond motifs is 1. The van der Waals surface area contributed by atoms with Gasteiger partial charge in [0.2, 0.25) is 0 Å². The van der Waals surface area contributed by atoms with Crippen molar-refractivity contribution in [2.75, 3.05) is 0 Å². The van der Waals surface area contributed by atoms with Crippen molar-refractivity contribution in [1.82, 2.24) is 29.9 Å². The second-order valence-corrected chi connectivity index (χ2v) is 5.34. The molecule has 0 aliphatic heterocycles. The van der Waals surface area contributed by atoms with Crippen LogP contribution < -0.4 is 5.32 Å². The minimum absolute atomic E-state index is 0.244. The number of hydrogen-bond donors (Lipinski definition) is 1. The predicted octanol–water partition coefficient (Wildman–Crippen LogP) is 2.12. The number of nitrogens with zero attached hydrogens (tertiary/aromatic N) is 5. The summed E-state index contributed by atoms with van der Waals surface area (Å²) in [6, 6.07) is 13.0. The fourth-order valence-electron chi connectivity index (χ4n) is 2.53. The van der Waals surface area contributed by atoms with E-state index < -0.39 is 0 Å². The third-order valence-electron chi connectivity index (χ3n) is 3.73. The summed E-state index contributed by atoms with van der Waals surface area (Å²) in [6.45, 7) is 0.344. The molecule has 4 aromatic rings. The molecule has 0 bridgehead atoms. The van der Waals surface area contributed by atoms with Gasteiger partial charge in [0.05, 0.1) is 29.8 Å². The van der Waals surface area contributed by atoms with Crippen LogP contribution in [-0.4, -0.2) is 30.5 Å². The summed E-state index contributed by atoms with van der Waals surface area (Å²) in [5.41, 5.74) is 3.22. The predicted molar refractivity (Wildman–Crippen MR) is 91.6 cm³/mol. The Kier molecular flexibility index (Phi) is 3.88. The maximum Gasteiger partial charge on any atom is 0.257 e. The highest BCUT2D eigenvalue weighted by Gasteiger charge is 2.16. The summed E-state index contributed by atoms with van der Waals surface area (Å²) in [5.74, 6) is -0.244. The van der Waals surface area contributed by atoms with E-state index in [1.807, 2.05) is 42.5 Å². The highest BCUT2D eigenvalue weighted by molar-refractivity contribution is 5.99. The molecule has 122 valence electrons. The zero-order valence-corrected chi connectivity index (χ0v) is 13.2. The van der Waals surface area contributed by atoms with Crippen LogP contribution in [0.4, 0.5) is 0 Å². The monoisotopic (exact) mass is 330 g/mol. The third kappa shape index (κ3) is 2.94. The van der Waals surface area contributed by atoms with Crippen LogP contribution in [0.3, 0.4) is 0 Å². The molecule has 7 heteroatoms. The largest absolute Gasteiger partial charge is 0.346 e. The minimum atomic E-state index is -0.244. The van der Waals surface area contributed by atoms with Crippen LogP contribution in [0.25, 0.3) is 17.0 Å². The first-order valence-corrected chi connectivity index (χ1v) is 7.75. The summed E-state index contributed by atoms with van der Waals surface area (Å²) < 4.78 is 1.62. The van der Waals surface area contributed by atoms with Gasteiger partial charge in [-0.1, -0.05) is 12.1 Å². The van der Waals surface area contributed by atoms with Crippen LogP contribution in [-0.2, 0) is 6.54 Å². The van der Waals surface area contributed by atoms with E-state index >= 15 is 0 Å². The zero-order chi connectivity index (χ0) is 17.1. The zero-order valence-electron chi connectivity index (χ0n) is 13.2. The fraction of sp³-hybridized carbons (Fsp3) is 0.0556. The summed E-state index contributed by atoms with van der Waals surface area (Å²) in [7, 11) is 0. The van der Waals surface area contributed by atoms with Crippen molar-refractivity contribution in [1.29, 1.82) is 0 Å². The molecule has 0 unspecified atom stereocenters. The number of carbonyl (C=O) groups is 1. The lowest BCUT2D eigenvalue weighted by Crippen LogP contribution is -2.23. The van der Waals surface area contributed by atoms with Crippen molar-refractivity contribution in [2.24, 2.45) is 0 Å². The first kappa shape index (κ1) is 14.9. The van der Waals surface area contributed by atoms with E-state index in [4.69, 9.17) is 0 Å². The van der Waals surface area contributed by atoms with E-state index in [2.05, 4.69) is 25.4 Å². The lowest BCUT2D eigenvalue weighted by molar-refractivity contribution is 0.0952. The molecule has 4 rings (SSSR count). The van der Waals surface area contributed by atoms with Crippen molar-refractivity contribution in [2.45, 2.75) is 6.54 Å². The molecule has 1 amide bonds. The minimum Gasteiger partial charge on any atom is -0.346 e. The molecule has 4 aromatic heterocycles. The topological polar surface area (TPSA) is 85.1 Å². The van der Waals surface area contributed by atoms with Crippen molar-refractivity contribution < 1.29 is 4.79 Å². The van der Waals surface area contributed by atoms with Gasteiger partial charge in [-0.2, -0.15) is 5.10 Å². The van der Waals surface area contributed by atoms with Crippen LogP contribution >= 0.6 is 0 Å². The van der Waals surface area contributed by atoms with E-state index in [1.54, 1.807) is 23.1 Å². The molecule has 0 fully saturated rings. The lowest BCUT2D eigenvalue weighted by Gasteiger charge is -2.05. The standard InChI is InChI=1S/C18H14N6O/c25-18(22-11-13-5-1-3-8-19-13)14-12-23-24-16(7-10-21-17(14)24)15-6-2-4-9-20-15/h1-10,12H,11H2,(H,22,25). The van der Waals surface area contributed by atoms with Gasteiger partial charge in [0.25, 0.3) is 5.91 Å². The van der Waals surface area contributed by atoms with Gasteiger partial charge >= 0.3 is 0 Å². The van der Waals surface area contributed by atoms with Crippen LogP contribution in [0.2, 0.25) is 0 Å². The normalized spacial score (nSPS) is 10.7. The first-order valence-electron chi connectivity index (χ1n) is 7.75. The summed E-state index contributed by atoms with van der Waals surface area (Å²) >= 11 is 0. The Morgan fingerprint density at radius 2 is 1.80 bits per heavy atom. The van der Waals surface area contributed by atoms with E-state index in [9.17, 15) is 4.79 Å². The molecular weight excluding hydrogens is 316 g/mol. The summed E-state index contributed by atoms with van der Waals surface area (Å²) in [4.78, 5) is 25.3. The molecule has 7 nitrogen and oxygen atoms in total. The number of pyridine rings is 2. The number of carbonyl (C=O) groups excluding carboxylic acids is 1. The quantitative estimate of drug-likeness (QED) is 0.619. The average Bonchev–Trinajstić information content (AvgIpc) is 3.12. The van der Waals surface area contributed by atoms with E-state index in [0.29, 0.717) is 17.8 Å². The van der Waals surface area contributed by atoms with Gasteiger partial charge in [0, 0.05) is 18.6 Å². The van der Waals surface area contributed by atoms with Gasteiger partial charge < -0.3 is 5.32 Å². The maximum absolute atomic E-state index is 12.5. The van der Waals surface area contributed by atoms with Crippen molar-refractivity contribution in [3.63, 3.8) is 0 Å². The second kappa shape index (κ2) is 6.48. The summed E-state index contributed by atoms with van der Waals surface area (Å²) in [6.07, 6.45) is 6.57. The molecule has 0 aliphatic rings. The Morgan fingerprint density at radius 1 is 0.960 bits per heavy atom. The molecule has 0 aromatic carbocycles. The van der Waals surface area contributed by atoms with Gasteiger partial charge in [-0.15, -0.1) is 0 Å². The third-order valence-corrected chi connectivity index (χ3v) is 3.73. The van der Waals surface area contributed by atoms with Crippen molar-refractivity contribution >= 4 is 11.6 Å². The number of hydrogen-bond acceptors (Lipinski definition) is 5. The average molecular weight is 330 g/mol. The molecule has 0 radical (unpaired) electrons. The Bertz CT molecular complexity index is 1010. The van der Waals surface area contributed by atoms with Gasteiger partial charge in [0.15, 0.2) is 5.65 Å². The Balaban J connectivity index is 1.64. The molecule has 0 saturated heterocycles. The van der Waals surface area contributed by atoms with E-state index in [-0.39, 0.29) is 5.91 Å². The van der Waals surface area contributed by atoms with Gasteiger partial charge in [-0.3, -0.25) is 14.8 Å². The van der Waals surface area contributed by atoms with Gasteiger partial charge in [-0.25, -0.2) is 9.50 Å². The molecule has 0 saturated carbocycles. The van der Waals surface area contributed by atoms with E-state index in [1.165, 1.54) is 6.20 Å². The molecule has 0 atom stereocenters. The Labute approximate surface area is 143 Å². The van der Waals surface area contributed by atoms with Gasteiger partial charge in [-0.05, 0) is 30.3 Å².